The van der Waals surface area contributed by atoms with E-state index in [0.29, 0.717) is 26.0 Å². The number of piperidine rings is 1. The molecule has 1 aromatic carbocycles. The smallest absolute Gasteiger partial charge is 0.263 e. The van der Waals surface area contributed by atoms with Crippen molar-refractivity contribution in [3.63, 3.8) is 0 Å². The Bertz CT molecular complexity index is 479. The zero-order valence-electron chi connectivity index (χ0n) is 12.0. The van der Waals surface area contributed by atoms with Crippen LogP contribution in [-0.4, -0.2) is 37.1 Å². The Kier molecular flexibility index (Phi) is 5.25. The van der Waals surface area contributed by atoms with E-state index >= 15 is 0 Å². The lowest BCUT2D eigenvalue weighted by molar-refractivity contribution is -0.138. The van der Waals surface area contributed by atoms with Crippen LogP contribution in [0.25, 0.3) is 0 Å². The van der Waals surface area contributed by atoms with Crippen molar-refractivity contribution in [1.82, 2.24) is 4.90 Å². The van der Waals surface area contributed by atoms with Crippen LogP contribution in [0.2, 0.25) is 0 Å². The van der Waals surface area contributed by atoms with Gasteiger partial charge in [0.25, 0.3) is 6.43 Å². The van der Waals surface area contributed by atoms with Gasteiger partial charge in [0.15, 0.2) is 0 Å². The minimum atomic E-state index is -2.50. The summed E-state index contributed by atoms with van der Waals surface area (Å²) in [4.78, 5) is 13.8. The van der Waals surface area contributed by atoms with E-state index in [9.17, 15) is 13.6 Å². The zero-order chi connectivity index (χ0) is 15.4. The van der Waals surface area contributed by atoms with E-state index in [2.05, 4.69) is 0 Å². The van der Waals surface area contributed by atoms with E-state index in [1.807, 2.05) is 0 Å². The van der Waals surface area contributed by atoms with Crippen LogP contribution in [-0.2, 0) is 9.53 Å². The summed E-state index contributed by atoms with van der Waals surface area (Å²) in [5.41, 5.74) is 6.91. The number of benzene rings is 1. The van der Waals surface area contributed by atoms with Gasteiger partial charge in [-0.3, -0.25) is 4.79 Å². The molecule has 0 aromatic heterocycles. The lowest BCUT2D eigenvalue weighted by atomic mass is 9.90. The van der Waals surface area contributed by atoms with E-state index < -0.39 is 6.43 Å². The van der Waals surface area contributed by atoms with E-state index in [1.54, 1.807) is 24.1 Å². The van der Waals surface area contributed by atoms with Crippen molar-refractivity contribution in [3.05, 3.63) is 35.4 Å². The molecule has 1 aromatic rings. The maximum atomic E-state index is 12.6. The van der Waals surface area contributed by atoms with Gasteiger partial charge in [-0.15, -0.1) is 0 Å². The third kappa shape index (κ3) is 3.57. The molecule has 1 fully saturated rings. The van der Waals surface area contributed by atoms with Gasteiger partial charge in [0.2, 0.25) is 5.91 Å². The Morgan fingerprint density at radius 1 is 1.38 bits per heavy atom. The summed E-state index contributed by atoms with van der Waals surface area (Å²) in [6, 6.07) is 5.56. The molecule has 0 radical (unpaired) electrons. The monoisotopic (exact) mass is 298 g/mol. The van der Waals surface area contributed by atoms with Crippen molar-refractivity contribution < 1.29 is 18.3 Å². The van der Waals surface area contributed by atoms with Crippen molar-refractivity contribution in [2.45, 2.75) is 31.4 Å². The molecule has 1 aliphatic heterocycles. The standard InChI is InChI=1S/C15H20F2N2O2/c1-21-9-8-19-13(20)7-6-12(18)14(19)10-2-4-11(5-3-10)15(16)17/h2-5,12,14-15H,6-9,18H2,1H3. The molecule has 2 unspecified atom stereocenters. The van der Waals surface area contributed by atoms with Crippen LogP contribution in [0.3, 0.4) is 0 Å². The number of methoxy groups -OCH3 is 1. The highest BCUT2D eigenvalue weighted by molar-refractivity contribution is 5.78. The number of carbonyl (C=O) groups is 1. The summed E-state index contributed by atoms with van der Waals surface area (Å²) < 4.78 is 30.3. The molecule has 1 aliphatic rings. The second kappa shape index (κ2) is 6.95. The highest BCUT2D eigenvalue weighted by Crippen LogP contribution is 2.31. The average molecular weight is 298 g/mol. The van der Waals surface area contributed by atoms with E-state index in [4.69, 9.17) is 10.5 Å². The van der Waals surface area contributed by atoms with E-state index in [0.717, 1.165) is 5.56 Å². The first-order valence-corrected chi connectivity index (χ1v) is 6.96. The molecular weight excluding hydrogens is 278 g/mol. The van der Waals surface area contributed by atoms with E-state index in [1.165, 1.54) is 12.1 Å². The average Bonchev–Trinajstić information content (AvgIpc) is 2.48. The highest BCUT2D eigenvalue weighted by atomic mass is 19.3. The van der Waals surface area contributed by atoms with Gasteiger partial charge in [-0.1, -0.05) is 24.3 Å². The summed E-state index contributed by atoms with van der Waals surface area (Å²) >= 11 is 0. The van der Waals surface area contributed by atoms with Crippen molar-refractivity contribution in [3.8, 4) is 0 Å². The molecule has 0 spiro atoms. The third-order valence-electron chi connectivity index (χ3n) is 3.82. The van der Waals surface area contributed by atoms with E-state index in [-0.39, 0.29) is 23.6 Å². The summed E-state index contributed by atoms with van der Waals surface area (Å²) in [5, 5.41) is 0. The first-order chi connectivity index (χ1) is 10.0. The molecule has 0 bridgehead atoms. The van der Waals surface area contributed by atoms with Crippen LogP contribution in [0, 0.1) is 0 Å². The van der Waals surface area contributed by atoms with Crippen LogP contribution in [0.15, 0.2) is 24.3 Å². The molecule has 0 aliphatic carbocycles. The third-order valence-corrected chi connectivity index (χ3v) is 3.82. The molecule has 0 saturated carbocycles. The van der Waals surface area contributed by atoms with Crippen molar-refractivity contribution in [2.75, 3.05) is 20.3 Å². The van der Waals surface area contributed by atoms with Crippen LogP contribution in [0.5, 0.6) is 0 Å². The quantitative estimate of drug-likeness (QED) is 0.907. The molecule has 2 atom stereocenters. The minimum absolute atomic E-state index is 0.0247. The molecule has 116 valence electrons. The largest absolute Gasteiger partial charge is 0.383 e. The Labute approximate surface area is 122 Å². The van der Waals surface area contributed by atoms with Crippen LogP contribution in [0.4, 0.5) is 8.78 Å². The zero-order valence-corrected chi connectivity index (χ0v) is 12.0. The number of hydrogen-bond donors (Lipinski definition) is 1. The highest BCUT2D eigenvalue weighted by Gasteiger charge is 2.34. The Hall–Kier alpha value is -1.53. The number of rotatable bonds is 5. The summed E-state index contributed by atoms with van der Waals surface area (Å²) in [5.74, 6) is 0.0247. The second-order valence-corrected chi connectivity index (χ2v) is 5.19. The maximum Gasteiger partial charge on any atom is 0.263 e. The fourth-order valence-corrected chi connectivity index (χ4v) is 2.70. The second-order valence-electron chi connectivity index (χ2n) is 5.19. The normalized spacial score (nSPS) is 22.9. The van der Waals surface area contributed by atoms with Gasteiger partial charge >= 0.3 is 0 Å². The number of carbonyl (C=O) groups excluding carboxylic acids is 1. The summed E-state index contributed by atoms with van der Waals surface area (Å²) in [7, 11) is 1.57. The van der Waals surface area contributed by atoms with Crippen molar-refractivity contribution >= 4 is 5.91 Å². The van der Waals surface area contributed by atoms with Crippen LogP contribution >= 0.6 is 0 Å². The Morgan fingerprint density at radius 2 is 2.05 bits per heavy atom. The lowest BCUT2D eigenvalue weighted by Gasteiger charge is -2.40. The van der Waals surface area contributed by atoms with Gasteiger partial charge in [-0.25, -0.2) is 8.78 Å². The van der Waals surface area contributed by atoms with Gasteiger partial charge in [0, 0.05) is 31.7 Å². The first-order valence-electron chi connectivity index (χ1n) is 6.96. The van der Waals surface area contributed by atoms with Gasteiger partial charge in [-0.05, 0) is 12.0 Å². The van der Waals surface area contributed by atoms with Gasteiger partial charge in [-0.2, -0.15) is 0 Å². The number of nitrogens with zero attached hydrogens (tertiary/aromatic N) is 1. The number of likely N-dealkylation sites (tertiary alicyclic amines) is 1. The number of hydrogen-bond acceptors (Lipinski definition) is 3. The predicted molar refractivity (Wildman–Crippen MR) is 74.9 cm³/mol. The fourth-order valence-electron chi connectivity index (χ4n) is 2.70. The minimum Gasteiger partial charge on any atom is -0.383 e. The summed E-state index contributed by atoms with van der Waals surface area (Å²) in [6.45, 7) is 0.869. The summed E-state index contributed by atoms with van der Waals surface area (Å²) in [6.07, 6.45) is -1.48. The van der Waals surface area contributed by atoms with Gasteiger partial charge in [0.1, 0.15) is 0 Å². The van der Waals surface area contributed by atoms with Crippen molar-refractivity contribution in [1.29, 1.82) is 0 Å². The molecule has 21 heavy (non-hydrogen) atoms. The molecule has 2 N–H and O–H groups in total. The molecule has 6 heteroatoms. The van der Waals surface area contributed by atoms with Gasteiger partial charge < -0.3 is 15.4 Å². The molecule has 1 amide bonds. The predicted octanol–water partition coefficient (Wildman–Crippen LogP) is 2.26. The number of halogens is 2. The number of alkyl halides is 2. The molecular formula is C15H20F2N2O2. The Morgan fingerprint density at radius 3 is 2.62 bits per heavy atom. The molecule has 1 heterocycles. The lowest BCUT2D eigenvalue weighted by Crippen LogP contribution is -2.49. The van der Waals surface area contributed by atoms with Gasteiger partial charge in [0.05, 0.1) is 12.6 Å². The fraction of sp³-hybridized carbons (Fsp3) is 0.533. The van der Waals surface area contributed by atoms with Crippen LogP contribution < -0.4 is 5.73 Å². The maximum absolute atomic E-state index is 12.6. The van der Waals surface area contributed by atoms with Crippen LogP contribution in [0.1, 0.15) is 36.4 Å². The number of ether oxygens (including phenoxy) is 1. The van der Waals surface area contributed by atoms with Crippen molar-refractivity contribution in [2.24, 2.45) is 5.73 Å². The molecule has 2 rings (SSSR count). The SMILES string of the molecule is COCCN1C(=O)CCC(N)C1c1ccc(C(F)F)cc1. The molecule has 4 nitrogen and oxygen atoms in total. The number of nitrogens with two attached hydrogens (primary N) is 1. The Balaban J connectivity index is 2.24. The number of amides is 1. The molecule has 1 saturated heterocycles. The topological polar surface area (TPSA) is 55.6 Å². The first kappa shape index (κ1) is 15.9.